The highest BCUT2D eigenvalue weighted by Gasteiger charge is 2.19. The van der Waals surface area contributed by atoms with Gasteiger partial charge in [-0.25, -0.2) is 18.2 Å². The van der Waals surface area contributed by atoms with E-state index in [1.54, 1.807) is 5.38 Å². The van der Waals surface area contributed by atoms with Crippen LogP contribution in [0.4, 0.5) is 18.3 Å². The van der Waals surface area contributed by atoms with Crippen LogP contribution in [0.5, 0.6) is 0 Å². The van der Waals surface area contributed by atoms with Gasteiger partial charge >= 0.3 is 0 Å². The second-order valence-corrected chi connectivity index (χ2v) is 5.27. The molecule has 106 valence electrons. The third-order valence-electron chi connectivity index (χ3n) is 2.61. The van der Waals surface area contributed by atoms with Crippen LogP contribution in [0.1, 0.15) is 35.8 Å². The first-order chi connectivity index (χ1) is 9.40. The second kappa shape index (κ2) is 5.62. The zero-order chi connectivity index (χ0) is 14.9. The van der Waals surface area contributed by atoms with Crippen LogP contribution in [0.3, 0.4) is 0 Å². The highest BCUT2D eigenvalue weighted by Crippen LogP contribution is 2.23. The van der Waals surface area contributed by atoms with Crippen LogP contribution in [0, 0.1) is 17.5 Å². The Morgan fingerprint density at radius 1 is 1.25 bits per heavy atom. The van der Waals surface area contributed by atoms with E-state index in [9.17, 15) is 18.0 Å². The van der Waals surface area contributed by atoms with E-state index >= 15 is 0 Å². The lowest BCUT2D eigenvalue weighted by atomic mass is 10.2. The molecule has 0 fully saturated rings. The van der Waals surface area contributed by atoms with E-state index in [0.29, 0.717) is 6.07 Å². The summed E-state index contributed by atoms with van der Waals surface area (Å²) >= 11 is 1.18. The maximum atomic E-state index is 13.5. The van der Waals surface area contributed by atoms with Crippen molar-refractivity contribution >= 4 is 22.4 Å². The molecule has 0 aliphatic heterocycles. The topological polar surface area (TPSA) is 42.0 Å². The summed E-state index contributed by atoms with van der Waals surface area (Å²) in [6, 6.07) is 1.59. The van der Waals surface area contributed by atoms with Crippen LogP contribution in [0.2, 0.25) is 0 Å². The van der Waals surface area contributed by atoms with Gasteiger partial charge in [-0.1, -0.05) is 13.8 Å². The van der Waals surface area contributed by atoms with E-state index in [4.69, 9.17) is 0 Å². The average molecular weight is 300 g/mol. The average Bonchev–Trinajstić information content (AvgIpc) is 2.84. The molecule has 0 saturated heterocycles. The third-order valence-corrected chi connectivity index (χ3v) is 3.39. The Bertz CT molecular complexity index is 655. The minimum atomic E-state index is -1.67. The van der Waals surface area contributed by atoms with Gasteiger partial charge in [0, 0.05) is 5.38 Å². The number of carbonyl (C=O) groups is 1. The molecule has 1 amide bonds. The van der Waals surface area contributed by atoms with Crippen molar-refractivity contribution in [1.82, 2.24) is 4.98 Å². The minimum absolute atomic E-state index is 0.192. The Hall–Kier alpha value is -1.89. The van der Waals surface area contributed by atoms with E-state index in [1.165, 1.54) is 11.3 Å². The van der Waals surface area contributed by atoms with E-state index in [-0.39, 0.29) is 11.0 Å². The largest absolute Gasteiger partial charge is 0.298 e. The zero-order valence-corrected chi connectivity index (χ0v) is 11.5. The number of benzene rings is 1. The monoisotopic (exact) mass is 300 g/mol. The van der Waals surface area contributed by atoms with Gasteiger partial charge in [0.15, 0.2) is 22.6 Å². The van der Waals surface area contributed by atoms with Gasteiger partial charge in [-0.2, -0.15) is 0 Å². The third kappa shape index (κ3) is 2.82. The highest BCUT2D eigenvalue weighted by atomic mass is 32.1. The summed E-state index contributed by atoms with van der Waals surface area (Å²) in [5.74, 6) is -5.19. The van der Waals surface area contributed by atoms with Crippen LogP contribution in [-0.4, -0.2) is 10.9 Å². The minimum Gasteiger partial charge on any atom is -0.298 e. The summed E-state index contributed by atoms with van der Waals surface area (Å²) in [6.45, 7) is 3.88. The van der Waals surface area contributed by atoms with E-state index in [0.717, 1.165) is 11.8 Å². The number of hydrogen-bond acceptors (Lipinski definition) is 3. The Morgan fingerprint density at radius 3 is 2.55 bits per heavy atom. The molecule has 0 saturated carbocycles. The molecule has 0 aliphatic carbocycles. The van der Waals surface area contributed by atoms with Crippen molar-refractivity contribution in [2.45, 2.75) is 19.8 Å². The fourth-order valence-electron chi connectivity index (χ4n) is 1.47. The number of carbonyl (C=O) groups excluding carboxylic acids is 1. The number of nitrogens with zero attached hydrogens (tertiary/aromatic N) is 1. The fourth-order valence-corrected chi connectivity index (χ4v) is 2.34. The molecule has 0 radical (unpaired) electrons. The van der Waals surface area contributed by atoms with Gasteiger partial charge < -0.3 is 0 Å². The van der Waals surface area contributed by atoms with Gasteiger partial charge in [-0.05, 0) is 18.1 Å². The van der Waals surface area contributed by atoms with Crippen molar-refractivity contribution in [3.8, 4) is 0 Å². The normalized spacial score (nSPS) is 10.9. The molecule has 2 rings (SSSR count). The molecular formula is C13H11F3N2OS. The van der Waals surface area contributed by atoms with Crippen LogP contribution < -0.4 is 5.32 Å². The van der Waals surface area contributed by atoms with Gasteiger partial charge in [-0.3, -0.25) is 10.1 Å². The maximum absolute atomic E-state index is 13.5. The standard InChI is InChI=1S/C13H11F3N2OS/c1-6(2)9-5-20-13(17-9)18-12(19)7-3-4-8(14)11(16)10(7)15/h3-6H,1-2H3,(H,17,18,19). The van der Waals surface area contributed by atoms with E-state index in [2.05, 4.69) is 10.3 Å². The smallest absolute Gasteiger partial charge is 0.260 e. The molecule has 1 heterocycles. The molecule has 3 nitrogen and oxygen atoms in total. The number of nitrogens with one attached hydrogen (secondary N) is 1. The van der Waals surface area contributed by atoms with Gasteiger partial charge in [0.1, 0.15) is 0 Å². The first-order valence-electron chi connectivity index (χ1n) is 5.80. The molecule has 1 N–H and O–H groups in total. The van der Waals surface area contributed by atoms with Gasteiger partial charge in [0.25, 0.3) is 5.91 Å². The number of halogens is 3. The number of aromatic nitrogens is 1. The first-order valence-corrected chi connectivity index (χ1v) is 6.68. The Balaban J connectivity index is 2.22. The number of thiazole rings is 1. The lowest BCUT2D eigenvalue weighted by molar-refractivity contribution is 0.102. The van der Waals surface area contributed by atoms with E-state index < -0.39 is 28.9 Å². The first kappa shape index (κ1) is 14.5. The molecule has 20 heavy (non-hydrogen) atoms. The van der Waals surface area contributed by atoms with Crippen molar-refractivity contribution in [2.75, 3.05) is 5.32 Å². The summed E-state index contributed by atoms with van der Waals surface area (Å²) < 4.78 is 39.3. The van der Waals surface area contributed by atoms with Gasteiger partial charge in [-0.15, -0.1) is 11.3 Å². The predicted molar refractivity (Wildman–Crippen MR) is 70.5 cm³/mol. The molecule has 0 aliphatic rings. The van der Waals surface area contributed by atoms with Gasteiger partial charge in [0.05, 0.1) is 11.3 Å². The van der Waals surface area contributed by atoms with Crippen LogP contribution >= 0.6 is 11.3 Å². The van der Waals surface area contributed by atoms with E-state index in [1.807, 2.05) is 13.8 Å². The summed E-state index contributed by atoms with van der Waals surface area (Å²) in [5, 5.41) is 4.41. The van der Waals surface area contributed by atoms with Crippen molar-refractivity contribution in [2.24, 2.45) is 0 Å². The molecule has 0 spiro atoms. The van der Waals surface area contributed by atoms with Gasteiger partial charge in [0.2, 0.25) is 0 Å². The Kier molecular flexibility index (Phi) is 4.08. The number of rotatable bonds is 3. The molecule has 0 unspecified atom stereocenters. The lowest BCUT2D eigenvalue weighted by Crippen LogP contribution is -2.15. The fraction of sp³-hybridized carbons (Fsp3) is 0.231. The Labute approximate surface area is 117 Å². The van der Waals surface area contributed by atoms with Crippen LogP contribution in [-0.2, 0) is 0 Å². The summed E-state index contributed by atoms with van der Waals surface area (Å²) in [7, 11) is 0. The molecule has 0 atom stereocenters. The Morgan fingerprint density at radius 2 is 1.95 bits per heavy atom. The summed E-state index contributed by atoms with van der Waals surface area (Å²) in [4.78, 5) is 15.9. The molecule has 1 aromatic carbocycles. The van der Waals surface area contributed by atoms with Crippen molar-refractivity contribution in [3.05, 3.63) is 46.2 Å². The molecule has 1 aromatic heterocycles. The van der Waals surface area contributed by atoms with Crippen LogP contribution in [0.25, 0.3) is 0 Å². The second-order valence-electron chi connectivity index (χ2n) is 4.41. The zero-order valence-electron chi connectivity index (χ0n) is 10.7. The molecule has 7 heteroatoms. The summed E-state index contributed by atoms with van der Waals surface area (Å²) in [6.07, 6.45) is 0. The van der Waals surface area contributed by atoms with Crippen molar-refractivity contribution in [1.29, 1.82) is 0 Å². The quantitative estimate of drug-likeness (QED) is 0.872. The SMILES string of the molecule is CC(C)c1csc(NC(=O)c2ccc(F)c(F)c2F)n1. The number of anilines is 1. The predicted octanol–water partition coefficient (Wildman–Crippen LogP) is 3.94. The van der Waals surface area contributed by atoms with Crippen molar-refractivity contribution < 1.29 is 18.0 Å². The molecule has 0 bridgehead atoms. The molecule has 2 aromatic rings. The highest BCUT2D eigenvalue weighted by molar-refractivity contribution is 7.14. The van der Waals surface area contributed by atoms with Crippen LogP contribution in [0.15, 0.2) is 17.5 Å². The van der Waals surface area contributed by atoms with Crippen molar-refractivity contribution in [3.63, 3.8) is 0 Å². The number of hydrogen-bond donors (Lipinski definition) is 1. The number of amides is 1. The maximum Gasteiger partial charge on any atom is 0.260 e. The lowest BCUT2D eigenvalue weighted by Gasteiger charge is -2.04. The molecular weight excluding hydrogens is 289 g/mol. The summed E-state index contributed by atoms with van der Waals surface area (Å²) in [5.41, 5.74) is 0.223.